The molecule has 20 heavy (non-hydrogen) atoms. The van der Waals surface area contributed by atoms with Crippen LogP contribution in [-0.2, 0) is 0 Å². The van der Waals surface area contributed by atoms with Gasteiger partial charge in [-0.2, -0.15) is 0 Å². The van der Waals surface area contributed by atoms with E-state index in [4.69, 9.17) is 11.6 Å². The molecule has 1 aliphatic carbocycles. The van der Waals surface area contributed by atoms with Crippen molar-refractivity contribution in [1.29, 1.82) is 0 Å². The maximum Gasteiger partial charge on any atom is 0.150 e. The highest BCUT2D eigenvalue weighted by molar-refractivity contribution is 6.33. The van der Waals surface area contributed by atoms with Crippen LogP contribution in [0, 0.1) is 5.41 Å². The molecule has 0 bridgehead atoms. The number of aldehydes is 1. The van der Waals surface area contributed by atoms with E-state index in [1.807, 2.05) is 12.1 Å². The maximum absolute atomic E-state index is 10.8. The second-order valence-corrected chi connectivity index (χ2v) is 6.78. The molecular weight excluding hydrogens is 270 g/mol. The van der Waals surface area contributed by atoms with Gasteiger partial charge < -0.3 is 4.90 Å². The molecule has 0 aromatic heterocycles. The van der Waals surface area contributed by atoms with Crippen molar-refractivity contribution in [3.63, 3.8) is 0 Å². The first-order chi connectivity index (χ1) is 9.72. The van der Waals surface area contributed by atoms with E-state index in [9.17, 15) is 4.79 Å². The van der Waals surface area contributed by atoms with E-state index < -0.39 is 0 Å². The number of halogens is 1. The Hall–Kier alpha value is -1.02. The van der Waals surface area contributed by atoms with Gasteiger partial charge in [-0.1, -0.05) is 30.9 Å². The van der Waals surface area contributed by atoms with Gasteiger partial charge in [-0.05, 0) is 49.3 Å². The molecular formula is C17H22ClNO. The van der Waals surface area contributed by atoms with Crippen LogP contribution in [0.5, 0.6) is 0 Å². The Kier molecular flexibility index (Phi) is 4.02. The maximum atomic E-state index is 10.8. The highest BCUT2D eigenvalue weighted by atomic mass is 35.5. The predicted molar refractivity (Wildman–Crippen MR) is 83.8 cm³/mol. The first-order valence-corrected chi connectivity index (χ1v) is 8.10. The van der Waals surface area contributed by atoms with Crippen LogP contribution in [-0.4, -0.2) is 19.4 Å². The number of benzene rings is 1. The number of hydrogen-bond acceptors (Lipinski definition) is 2. The Morgan fingerprint density at radius 1 is 1.05 bits per heavy atom. The van der Waals surface area contributed by atoms with Crippen molar-refractivity contribution in [2.45, 2.75) is 44.9 Å². The first kappa shape index (κ1) is 13.9. The van der Waals surface area contributed by atoms with Crippen LogP contribution in [0.4, 0.5) is 5.69 Å². The lowest BCUT2D eigenvalue weighted by Crippen LogP contribution is -2.41. The molecule has 1 spiro atoms. The van der Waals surface area contributed by atoms with Crippen molar-refractivity contribution >= 4 is 23.6 Å². The predicted octanol–water partition coefficient (Wildman–Crippen LogP) is 4.70. The van der Waals surface area contributed by atoms with Crippen LogP contribution in [0.2, 0.25) is 5.02 Å². The molecule has 1 aromatic rings. The summed E-state index contributed by atoms with van der Waals surface area (Å²) in [5, 5.41) is 0.703. The van der Waals surface area contributed by atoms with E-state index in [0.717, 1.165) is 25.1 Å². The highest BCUT2D eigenvalue weighted by Gasteiger charge is 2.35. The molecule has 0 radical (unpaired) electrons. The zero-order valence-electron chi connectivity index (χ0n) is 11.9. The zero-order valence-corrected chi connectivity index (χ0v) is 12.7. The van der Waals surface area contributed by atoms with E-state index in [0.29, 0.717) is 16.0 Å². The summed E-state index contributed by atoms with van der Waals surface area (Å²) in [7, 11) is 0. The lowest BCUT2D eigenvalue weighted by molar-refractivity contribution is 0.112. The molecule has 1 saturated heterocycles. The molecule has 2 nitrogen and oxygen atoms in total. The van der Waals surface area contributed by atoms with Crippen molar-refractivity contribution in [2.24, 2.45) is 5.41 Å². The molecule has 0 amide bonds. The Balaban J connectivity index is 1.70. The van der Waals surface area contributed by atoms with Gasteiger partial charge in [0.15, 0.2) is 0 Å². The second-order valence-electron chi connectivity index (χ2n) is 6.38. The van der Waals surface area contributed by atoms with Crippen LogP contribution in [0.25, 0.3) is 0 Å². The number of carbonyl (C=O) groups excluding carboxylic acids is 1. The lowest BCUT2D eigenvalue weighted by Gasteiger charge is -2.45. The van der Waals surface area contributed by atoms with Gasteiger partial charge in [0.05, 0.1) is 10.7 Å². The van der Waals surface area contributed by atoms with E-state index in [2.05, 4.69) is 4.90 Å². The second kappa shape index (κ2) is 5.77. The van der Waals surface area contributed by atoms with Gasteiger partial charge >= 0.3 is 0 Å². The van der Waals surface area contributed by atoms with E-state index >= 15 is 0 Å². The molecule has 2 aliphatic rings. The summed E-state index contributed by atoms with van der Waals surface area (Å²) >= 11 is 6.32. The SMILES string of the molecule is O=Cc1ccc(N2CCC3(CCCCC3)CC2)c(Cl)c1. The topological polar surface area (TPSA) is 20.3 Å². The molecule has 0 unspecified atom stereocenters. The van der Waals surface area contributed by atoms with Gasteiger partial charge in [-0.25, -0.2) is 0 Å². The number of hydrogen-bond donors (Lipinski definition) is 0. The van der Waals surface area contributed by atoms with Crippen LogP contribution >= 0.6 is 11.6 Å². The van der Waals surface area contributed by atoms with Crippen molar-refractivity contribution in [3.05, 3.63) is 28.8 Å². The quantitative estimate of drug-likeness (QED) is 0.736. The number of nitrogens with zero attached hydrogens (tertiary/aromatic N) is 1. The molecule has 0 atom stereocenters. The lowest BCUT2D eigenvalue weighted by atomic mass is 9.68. The molecule has 0 N–H and O–H groups in total. The normalized spacial score (nSPS) is 21.9. The Morgan fingerprint density at radius 3 is 2.35 bits per heavy atom. The summed E-state index contributed by atoms with van der Waals surface area (Å²) in [5.74, 6) is 0. The summed E-state index contributed by atoms with van der Waals surface area (Å²) in [6.07, 6.45) is 10.5. The van der Waals surface area contributed by atoms with Crippen LogP contribution in [0.15, 0.2) is 18.2 Å². The van der Waals surface area contributed by atoms with Crippen molar-refractivity contribution in [1.82, 2.24) is 0 Å². The number of piperidine rings is 1. The van der Waals surface area contributed by atoms with Gasteiger partial charge in [0, 0.05) is 18.7 Å². The number of anilines is 1. The molecule has 1 heterocycles. The molecule has 1 aliphatic heterocycles. The Morgan fingerprint density at radius 2 is 1.75 bits per heavy atom. The molecule has 108 valence electrons. The van der Waals surface area contributed by atoms with Gasteiger partial charge in [0.2, 0.25) is 0 Å². The Bertz CT molecular complexity index is 484. The fourth-order valence-electron chi connectivity index (χ4n) is 3.88. The Labute approximate surface area is 126 Å². The molecule has 3 rings (SSSR count). The van der Waals surface area contributed by atoms with Gasteiger partial charge in [0.1, 0.15) is 6.29 Å². The van der Waals surface area contributed by atoms with E-state index in [-0.39, 0.29) is 0 Å². The van der Waals surface area contributed by atoms with Gasteiger partial charge in [-0.15, -0.1) is 0 Å². The van der Waals surface area contributed by atoms with Crippen molar-refractivity contribution in [3.8, 4) is 0 Å². The zero-order chi connectivity index (χ0) is 14.0. The van der Waals surface area contributed by atoms with E-state index in [1.54, 1.807) is 6.07 Å². The average molecular weight is 292 g/mol. The summed E-state index contributed by atoms with van der Waals surface area (Å²) in [4.78, 5) is 13.2. The van der Waals surface area contributed by atoms with Crippen LogP contribution in [0.1, 0.15) is 55.3 Å². The minimum Gasteiger partial charge on any atom is -0.370 e. The van der Waals surface area contributed by atoms with Crippen molar-refractivity contribution < 1.29 is 4.79 Å². The van der Waals surface area contributed by atoms with E-state index in [1.165, 1.54) is 44.9 Å². The molecule has 1 aromatic carbocycles. The monoisotopic (exact) mass is 291 g/mol. The molecule has 2 fully saturated rings. The minimum absolute atomic E-state index is 0.615. The van der Waals surface area contributed by atoms with Crippen LogP contribution in [0.3, 0.4) is 0 Å². The van der Waals surface area contributed by atoms with Gasteiger partial charge in [-0.3, -0.25) is 4.79 Å². The molecule has 1 saturated carbocycles. The van der Waals surface area contributed by atoms with Crippen LogP contribution < -0.4 is 4.90 Å². The fourth-order valence-corrected chi connectivity index (χ4v) is 4.19. The third kappa shape index (κ3) is 2.71. The van der Waals surface area contributed by atoms with Gasteiger partial charge in [0.25, 0.3) is 0 Å². The molecule has 3 heteroatoms. The summed E-state index contributed by atoms with van der Waals surface area (Å²) < 4.78 is 0. The number of carbonyl (C=O) groups is 1. The summed E-state index contributed by atoms with van der Waals surface area (Å²) in [5.41, 5.74) is 2.35. The first-order valence-electron chi connectivity index (χ1n) is 7.72. The smallest absolute Gasteiger partial charge is 0.150 e. The largest absolute Gasteiger partial charge is 0.370 e. The minimum atomic E-state index is 0.615. The highest BCUT2D eigenvalue weighted by Crippen LogP contribution is 2.45. The fraction of sp³-hybridized carbons (Fsp3) is 0.588. The third-order valence-corrected chi connectivity index (χ3v) is 5.49. The average Bonchev–Trinajstić information content (AvgIpc) is 2.49. The third-order valence-electron chi connectivity index (χ3n) is 5.19. The number of rotatable bonds is 2. The van der Waals surface area contributed by atoms with Crippen molar-refractivity contribution in [2.75, 3.05) is 18.0 Å². The standard InChI is InChI=1S/C17H22ClNO/c18-15-12-14(13-20)4-5-16(15)19-10-8-17(9-11-19)6-2-1-3-7-17/h4-5,12-13H,1-3,6-11H2. The summed E-state index contributed by atoms with van der Waals surface area (Å²) in [6.45, 7) is 2.19. The summed E-state index contributed by atoms with van der Waals surface area (Å²) in [6, 6.07) is 5.62.